The maximum Gasteiger partial charge on any atom is 0.123 e. The van der Waals surface area contributed by atoms with Gasteiger partial charge < -0.3 is 5.11 Å². The van der Waals surface area contributed by atoms with E-state index in [1.165, 1.54) is 31.4 Å². The maximum atomic E-state index is 12.8. The highest BCUT2D eigenvalue weighted by molar-refractivity contribution is 5.18. The Hall–Kier alpha value is -0.890. The van der Waals surface area contributed by atoms with Crippen LogP contribution in [-0.2, 0) is 0 Å². The third-order valence-corrected chi connectivity index (χ3v) is 3.35. The Morgan fingerprint density at radius 2 is 1.82 bits per heavy atom. The SMILES string of the molecule is CCCCC(CC)CC(O)c1ccc(F)cc1. The van der Waals surface area contributed by atoms with Gasteiger partial charge in [-0.25, -0.2) is 4.39 Å². The van der Waals surface area contributed by atoms with E-state index in [1.807, 2.05) is 0 Å². The van der Waals surface area contributed by atoms with Crippen LogP contribution in [0.15, 0.2) is 24.3 Å². The summed E-state index contributed by atoms with van der Waals surface area (Å²) < 4.78 is 12.8. The van der Waals surface area contributed by atoms with Crippen molar-refractivity contribution in [2.75, 3.05) is 0 Å². The molecule has 0 spiro atoms. The van der Waals surface area contributed by atoms with E-state index in [9.17, 15) is 9.50 Å². The van der Waals surface area contributed by atoms with Gasteiger partial charge in [-0.15, -0.1) is 0 Å². The zero-order chi connectivity index (χ0) is 12.7. The lowest BCUT2D eigenvalue weighted by atomic mass is 9.91. The molecule has 0 radical (unpaired) electrons. The van der Waals surface area contributed by atoms with E-state index in [-0.39, 0.29) is 5.82 Å². The fourth-order valence-electron chi connectivity index (χ4n) is 2.12. The van der Waals surface area contributed by atoms with E-state index in [4.69, 9.17) is 0 Å². The number of hydrogen-bond donors (Lipinski definition) is 1. The van der Waals surface area contributed by atoms with Crippen LogP contribution in [0.25, 0.3) is 0 Å². The van der Waals surface area contributed by atoms with Gasteiger partial charge >= 0.3 is 0 Å². The molecule has 96 valence electrons. The van der Waals surface area contributed by atoms with Crippen molar-refractivity contribution in [3.05, 3.63) is 35.6 Å². The largest absolute Gasteiger partial charge is 0.388 e. The summed E-state index contributed by atoms with van der Waals surface area (Å²) in [5.74, 6) is 0.314. The fraction of sp³-hybridized carbons (Fsp3) is 0.600. The zero-order valence-corrected chi connectivity index (χ0v) is 10.8. The van der Waals surface area contributed by atoms with Crippen molar-refractivity contribution in [2.45, 2.75) is 52.1 Å². The van der Waals surface area contributed by atoms with Crippen LogP contribution in [0.2, 0.25) is 0 Å². The second-order valence-electron chi connectivity index (χ2n) is 4.72. The van der Waals surface area contributed by atoms with Gasteiger partial charge in [0.1, 0.15) is 5.82 Å². The first kappa shape index (κ1) is 14.2. The minimum absolute atomic E-state index is 0.251. The van der Waals surface area contributed by atoms with Crippen molar-refractivity contribution < 1.29 is 9.50 Å². The number of hydrogen-bond acceptors (Lipinski definition) is 1. The Labute approximate surface area is 104 Å². The van der Waals surface area contributed by atoms with E-state index in [0.29, 0.717) is 5.92 Å². The van der Waals surface area contributed by atoms with Crippen LogP contribution in [0.3, 0.4) is 0 Å². The first-order chi connectivity index (χ1) is 8.17. The van der Waals surface area contributed by atoms with Crippen molar-refractivity contribution in [3.8, 4) is 0 Å². The van der Waals surface area contributed by atoms with Crippen LogP contribution < -0.4 is 0 Å². The molecule has 1 rings (SSSR count). The molecule has 1 aromatic carbocycles. The first-order valence-corrected chi connectivity index (χ1v) is 6.60. The normalized spacial score (nSPS) is 14.6. The molecule has 0 aliphatic rings. The number of unbranched alkanes of at least 4 members (excludes halogenated alkanes) is 1. The number of aliphatic hydroxyl groups excluding tert-OH is 1. The van der Waals surface area contributed by atoms with E-state index < -0.39 is 6.10 Å². The summed E-state index contributed by atoms with van der Waals surface area (Å²) in [7, 11) is 0. The van der Waals surface area contributed by atoms with Gasteiger partial charge in [-0.3, -0.25) is 0 Å². The third kappa shape index (κ3) is 4.86. The number of rotatable bonds is 7. The van der Waals surface area contributed by atoms with Crippen LogP contribution in [0, 0.1) is 11.7 Å². The van der Waals surface area contributed by atoms with Crippen molar-refractivity contribution in [1.29, 1.82) is 0 Å². The molecule has 2 atom stereocenters. The Balaban J connectivity index is 2.51. The summed E-state index contributed by atoms with van der Waals surface area (Å²) in [5, 5.41) is 10.1. The van der Waals surface area contributed by atoms with Crippen molar-refractivity contribution in [3.63, 3.8) is 0 Å². The van der Waals surface area contributed by atoms with E-state index in [0.717, 1.165) is 18.4 Å². The molecule has 0 aromatic heterocycles. The van der Waals surface area contributed by atoms with E-state index in [2.05, 4.69) is 13.8 Å². The summed E-state index contributed by atoms with van der Waals surface area (Å²) in [6, 6.07) is 6.16. The molecule has 0 aliphatic heterocycles. The zero-order valence-electron chi connectivity index (χ0n) is 10.8. The molecular weight excluding hydrogens is 215 g/mol. The van der Waals surface area contributed by atoms with Crippen LogP contribution in [0.5, 0.6) is 0 Å². The van der Waals surface area contributed by atoms with Gasteiger partial charge in [0.15, 0.2) is 0 Å². The topological polar surface area (TPSA) is 20.2 Å². The molecule has 2 heteroatoms. The predicted octanol–water partition coefficient (Wildman–Crippen LogP) is 4.47. The molecule has 0 saturated carbocycles. The molecule has 1 N–H and O–H groups in total. The molecule has 0 saturated heterocycles. The molecule has 0 heterocycles. The van der Waals surface area contributed by atoms with Crippen LogP contribution >= 0.6 is 0 Å². The Morgan fingerprint density at radius 3 is 2.35 bits per heavy atom. The van der Waals surface area contributed by atoms with E-state index in [1.54, 1.807) is 12.1 Å². The first-order valence-electron chi connectivity index (χ1n) is 6.60. The Kier molecular flexibility index (Phi) is 6.20. The lowest BCUT2D eigenvalue weighted by Crippen LogP contribution is -2.07. The average molecular weight is 238 g/mol. The molecule has 0 bridgehead atoms. The molecule has 1 nitrogen and oxygen atoms in total. The highest BCUT2D eigenvalue weighted by Crippen LogP contribution is 2.26. The van der Waals surface area contributed by atoms with Gasteiger partial charge in [0.05, 0.1) is 6.10 Å². The summed E-state index contributed by atoms with van der Waals surface area (Å²) in [6.45, 7) is 4.35. The predicted molar refractivity (Wildman–Crippen MR) is 69.3 cm³/mol. The number of halogens is 1. The molecule has 2 unspecified atom stereocenters. The molecule has 17 heavy (non-hydrogen) atoms. The smallest absolute Gasteiger partial charge is 0.123 e. The highest BCUT2D eigenvalue weighted by Gasteiger charge is 2.14. The highest BCUT2D eigenvalue weighted by atomic mass is 19.1. The summed E-state index contributed by atoms with van der Waals surface area (Å²) in [5.41, 5.74) is 0.821. The maximum absolute atomic E-state index is 12.8. The number of aliphatic hydroxyl groups is 1. The Morgan fingerprint density at radius 1 is 1.18 bits per heavy atom. The minimum atomic E-state index is -0.461. The second kappa shape index (κ2) is 7.44. The van der Waals surface area contributed by atoms with Gasteiger partial charge in [-0.1, -0.05) is 51.7 Å². The standard InChI is InChI=1S/C15H23FO/c1-3-5-6-12(4-2)11-15(17)13-7-9-14(16)10-8-13/h7-10,12,15,17H,3-6,11H2,1-2H3. The van der Waals surface area contributed by atoms with Gasteiger partial charge in [0, 0.05) is 0 Å². The Bertz CT molecular complexity index is 307. The monoisotopic (exact) mass is 238 g/mol. The van der Waals surface area contributed by atoms with Gasteiger partial charge in [-0.2, -0.15) is 0 Å². The quantitative estimate of drug-likeness (QED) is 0.743. The van der Waals surface area contributed by atoms with Gasteiger partial charge in [0.25, 0.3) is 0 Å². The molecular formula is C15H23FO. The van der Waals surface area contributed by atoms with Crippen molar-refractivity contribution in [1.82, 2.24) is 0 Å². The van der Waals surface area contributed by atoms with Crippen LogP contribution in [0.1, 0.15) is 57.6 Å². The van der Waals surface area contributed by atoms with Crippen molar-refractivity contribution in [2.24, 2.45) is 5.92 Å². The fourth-order valence-corrected chi connectivity index (χ4v) is 2.12. The molecule has 1 aromatic rings. The lowest BCUT2D eigenvalue weighted by Gasteiger charge is -2.19. The van der Waals surface area contributed by atoms with Crippen LogP contribution in [0.4, 0.5) is 4.39 Å². The second-order valence-corrected chi connectivity index (χ2v) is 4.72. The molecule has 0 aliphatic carbocycles. The average Bonchev–Trinajstić information content (AvgIpc) is 2.35. The summed E-state index contributed by atoms with van der Waals surface area (Å²) in [6.07, 6.45) is 5.00. The summed E-state index contributed by atoms with van der Waals surface area (Å²) >= 11 is 0. The molecule has 0 amide bonds. The molecule has 0 fully saturated rings. The van der Waals surface area contributed by atoms with Crippen molar-refractivity contribution >= 4 is 0 Å². The third-order valence-electron chi connectivity index (χ3n) is 3.35. The number of benzene rings is 1. The lowest BCUT2D eigenvalue weighted by molar-refractivity contribution is 0.139. The van der Waals surface area contributed by atoms with Crippen LogP contribution in [-0.4, -0.2) is 5.11 Å². The minimum Gasteiger partial charge on any atom is -0.388 e. The van der Waals surface area contributed by atoms with Gasteiger partial charge in [0.2, 0.25) is 0 Å². The summed E-state index contributed by atoms with van der Waals surface area (Å²) in [4.78, 5) is 0. The van der Waals surface area contributed by atoms with E-state index >= 15 is 0 Å². The van der Waals surface area contributed by atoms with Gasteiger partial charge in [-0.05, 0) is 30.0 Å².